The van der Waals surface area contributed by atoms with E-state index in [1.807, 2.05) is 19.9 Å². The second-order valence-electron chi connectivity index (χ2n) is 6.42. The van der Waals surface area contributed by atoms with Gasteiger partial charge in [-0.25, -0.2) is 9.97 Å². The monoisotopic (exact) mass is 346 g/mol. The van der Waals surface area contributed by atoms with E-state index in [2.05, 4.69) is 20.4 Å². The summed E-state index contributed by atoms with van der Waals surface area (Å²) in [4.78, 5) is 9.17. The molecule has 0 saturated carbocycles. The molecule has 2 aromatic rings. The van der Waals surface area contributed by atoms with Gasteiger partial charge in [-0.1, -0.05) is 5.16 Å². The van der Waals surface area contributed by atoms with Crippen molar-refractivity contribution in [2.24, 2.45) is 0 Å². The van der Waals surface area contributed by atoms with E-state index in [1.165, 1.54) is 5.56 Å². The van der Waals surface area contributed by atoms with Crippen molar-refractivity contribution < 1.29 is 14.0 Å². The van der Waals surface area contributed by atoms with Crippen molar-refractivity contribution >= 4 is 5.82 Å². The Bertz CT molecular complexity index is 676. The molecule has 0 bridgehead atoms. The highest BCUT2D eigenvalue weighted by Gasteiger charge is 2.20. The summed E-state index contributed by atoms with van der Waals surface area (Å²) in [5.74, 6) is 2.81. The van der Waals surface area contributed by atoms with Gasteiger partial charge in [-0.05, 0) is 33.1 Å². The van der Waals surface area contributed by atoms with Crippen molar-refractivity contribution in [3.05, 3.63) is 34.6 Å². The number of ether oxygens (including phenoxy) is 2. The molecule has 3 heterocycles. The van der Waals surface area contributed by atoms with Crippen LogP contribution in [0.25, 0.3) is 0 Å². The maximum absolute atomic E-state index is 5.49. The van der Waals surface area contributed by atoms with Gasteiger partial charge in [0.05, 0.1) is 18.0 Å². The first-order chi connectivity index (χ1) is 12.2. The number of aromatic nitrogens is 3. The van der Waals surface area contributed by atoms with E-state index in [1.54, 1.807) is 7.11 Å². The first-order valence-corrected chi connectivity index (χ1v) is 8.77. The van der Waals surface area contributed by atoms with Crippen molar-refractivity contribution in [2.75, 3.05) is 32.2 Å². The summed E-state index contributed by atoms with van der Waals surface area (Å²) in [7, 11) is 1.66. The average Bonchev–Trinajstić information content (AvgIpc) is 3.24. The SMILES string of the molecule is COCc1nc(NCCCc2c(C)noc2C)cc(C2CCOC2)n1. The van der Waals surface area contributed by atoms with Crippen LogP contribution in [0.3, 0.4) is 0 Å². The maximum Gasteiger partial charge on any atom is 0.156 e. The molecule has 1 unspecified atom stereocenters. The molecule has 3 rings (SSSR count). The fraction of sp³-hybridized carbons (Fsp3) is 0.611. The van der Waals surface area contributed by atoms with Crippen molar-refractivity contribution in [3.63, 3.8) is 0 Å². The topological polar surface area (TPSA) is 82.3 Å². The zero-order chi connectivity index (χ0) is 17.6. The normalized spacial score (nSPS) is 17.2. The molecule has 1 fully saturated rings. The lowest BCUT2D eigenvalue weighted by Gasteiger charge is -2.12. The van der Waals surface area contributed by atoms with Crippen LogP contribution in [0.4, 0.5) is 5.82 Å². The summed E-state index contributed by atoms with van der Waals surface area (Å²) in [6.07, 6.45) is 2.93. The Morgan fingerprint density at radius 1 is 1.32 bits per heavy atom. The van der Waals surface area contributed by atoms with E-state index in [-0.39, 0.29) is 0 Å². The summed E-state index contributed by atoms with van der Waals surface area (Å²) in [5.41, 5.74) is 3.21. The van der Waals surface area contributed by atoms with Gasteiger partial charge in [-0.15, -0.1) is 0 Å². The van der Waals surface area contributed by atoms with Gasteiger partial charge in [0.2, 0.25) is 0 Å². The Morgan fingerprint density at radius 2 is 2.20 bits per heavy atom. The number of hydrogen-bond acceptors (Lipinski definition) is 7. The molecule has 0 aliphatic carbocycles. The van der Waals surface area contributed by atoms with Gasteiger partial charge in [-0.2, -0.15) is 0 Å². The van der Waals surface area contributed by atoms with E-state index in [0.717, 1.165) is 62.0 Å². The molecule has 0 spiro atoms. The minimum atomic E-state index is 0.349. The van der Waals surface area contributed by atoms with Crippen LogP contribution in [0.1, 0.15) is 47.3 Å². The second-order valence-corrected chi connectivity index (χ2v) is 6.42. The lowest BCUT2D eigenvalue weighted by Crippen LogP contribution is -2.11. The highest BCUT2D eigenvalue weighted by Crippen LogP contribution is 2.25. The van der Waals surface area contributed by atoms with E-state index >= 15 is 0 Å². The maximum atomic E-state index is 5.49. The first kappa shape index (κ1) is 17.8. The molecular weight excluding hydrogens is 320 g/mol. The number of aryl methyl sites for hydroxylation is 2. The molecule has 136 valence electrons. The lowest BCUT2D eigenvalue weighted by molar-refractivity contribution is 0.177. The molecule has 1 aliphatic heterocycles. The third kappa shape index (κ3) is 4.55. The molecule has 0 radical (unpaired) electrons. The van der Waals surface area contributed by atoms with Crippen LogP contribution in [0.15, 0.2) is 10.6 Å². The van der Waals surface area contributed by atoms with Crippen LogP contribution < -0.4 is 5.32 Å². The second kappa shape index (κ2) is 8.40. The molecule has 0 aromatic carbocycles. The van der Waals surface area contributed by atoms with Crippen LogP contribution >= 0.6 is 0 Å². The largest absolute Gasteiger partial charge is 0.381 e. The predicted octanol–water partition coefficient (Wildman–Crippen LogP) is 2.78. The molecule has 1 N–H and O–H groups in total. The molecule has 1 aliphatic rings. The minimum absolute atomic E-state index is 0.349. The van der Waals surface area contributed by atoms with Gasteiger partial charge in [0.1, 0.15) is 18.2 Å². The Kier molecular flexibility index (Phi) is 5.99. The summed E-state index contributed by atoms with van der Waals surface area (Å²) in [6, 6.07) is 2.04. The molecule has 1 saturated heterocycles. The van der Waals surface area contributed by atoms with Crippen molar-refractivity contribution in [3.8, 4) is 0 Å². The minimum Gasteiger partial charge on any atom is -0.381 e. The first-order valence-electron chi connectivity index (χ1n) is 8.77. The quantitative estimate of drug-likeness (QED) is 0.736. The molecular formula is C18H26N4O3. The number of nitrogens with one attached hydrogen (secondary N) is 1. The number of anilines is 1. The third-order valence-corrected chi connectivity index (χ3v) is 4.50. The zero-order valence-electron chi connectivity index (χ0n) is 15.2. The Balaban J connectivity index is 1.60. The Hall–Kier alpha value is -1.99. The smallest absolute Gasteiger partial charge is 0.156 e. The summed E-state index contributed by atoms with van der Waals surface area (Å²) in [5, 5.41) is 7.41. The van der Waals surface area contributed by atoms with Gasteiger partial charge in [0.15, 0.2) is 5.82 Å². The molecule has 7 heteroatoms. The van der Waals surface area contributed by atoms with Crippen LogP contribution in [0.2, 0.25) is 0 Å². The van der Waals surface area contributed by atoms with Gasteiger partial charge < -0.3 is 19.3 Å². The lowest BCUT2D eigenvalue weighted by atomic mass is 10.0. The van der Waals surface area contributed by atoms with Crippen LogP contribution in [0.5, 0.6) is 0 Å². The van der Waals surface area contributed by atoms with Crippen molar-refractivity contribution in [1.82, 2.24) is 15.1 Å². The predicted molar refractivity (Wildman–Crippen MR) is 93.7 cm³/mol. The molecule has 2 aromatic heterocycles. The Morgan fingerprint density at radius 3 is 2.88 bits per heavy atom. The summed E-state index contributed by atoms with van der Waals surface area (Å²) >= 11 is 0. The Labute approximate surface area is 148 Å². The van der Waals surface area contributed by atoms with Crippen LogP contribution in [0, 0.1) is 13.8 Å². The number of nitrogens with zero attached hydrogens (tertiary/aromatic N) is 3. The number of methoxy groups -OCH3 is 1. The van der Waals surface area contributed by atoms with Crippen molar-refractivity contribution in [2.45, 2.75) is 45.6 Å². The molecule has 25 heavy (non-hydrogen) atoms. The van der Waals surface area contributed by atoms with Gasteiger partial charge >= 0.3 is 0 Å². The molecule has 0 amide bonds. The number of rotatable bonds is 8. The third-order valence-electron chi connectivity index (χ3n) is 4.50. The van der Waals surface area contributed by atoms with Gasteiger partial charge in [0.25, 0.3) is 0 Å². The fourth-order valence-electron chi connectivity index (χ4n) is 3.12. The fourth-order valence-corrected chi connectivity index (χ4v) is 3.12. The van der Waals surface area contributed by atoms with Crippen LogP contribution in [-0.4, -0.2) is 42.0 Å². The highest BCUT2D eigenvalue weighted by atomic mass is 16.5. The average molecular weight is 346 g/mol. The van der Waals surface area contributed by atoms with E-state index < -0.39 is 0 Å². The summed E-state index contributed by atoms with van der Waals surface area (Å²) < 4.78 is 15.9. The van der Waals surface area contributed by atoms with E-state index in [4.69, 9.17) is 14.0 Å². The van der Waals surface area contributed by atoms with Gasteiger partial charge in [-0.3, -0.25) is 0 Å². The summed E-state index contributed by atoms with van der Waals surface area (Å²) in [6.45, 7) is 6.71. The number of hydrogen-bond donors (Lipinski definition) is 1. The zero-order valence-corrected chi connectivity index (χ0v) is 15.2. The highest BCUT2D eigenvalue weighted by molar-refractivity contribution is 5.37. The van der Waals surface area contributed by atoms with Crippen LogP contribution in [-0.2, 0) is 22.5 Å². The molecule has 1 atom stereocenters. The molecule has 7 nitrogen and oxygen atoms in total. The van der Waals surface area contributed by atoms with E-state index in [0.29, 0.717) is 18.3 Å². The van der Waals surface area contributed by atoms with Gasteiger partial charge in [0, 0.05) is 37.8 Å². The van der Waals surface area contributed by atoms with E-state index in [9.17, 15) is 0 Å². The standard InChI is InChI=1S/C18H26N4O3/c1-12-15(13(2)25-22-12)5-4-7-19-17-9-16(14-6-8-24-10-14)20-18(21-17)11-23-3/h9,14H,4-8,10-11H2,1-3H3,(H,19,20,21). The van der Waals surface area contributed by atoms with Crippen molar-refractivity contribution in [1.29, 1.82) is 0 Å².